The molecule has 4 nitrogen and oxygen atoms in total. The number of carbonyl (C=O) groups is 1. The highest BCUT2D eigenvalue weighted by Gasteiger charge is 2.62. The van der Waals surface area contributed by atoms with Crippen LogP contribution >= 0.6 is 0 Å². The van der Waals surface area contributed by atoms with Gasteiger partial charge >= 0.3 is 0 Å². The first-order valence-electron chi connectivity index (χ1n) is 12.2. The Morgan fingerprint density at radius 3 is 2.34 bits per heavy atom. The quantitative estimate of drug-likeness (QED) is 0.658. The number of hydrogen-bond donors (Lipinski definition) is 3. The van der Waals surface area contributed by atoms with Crippen LogP contribution in [0.15, 0.2) is 0 Å². The molecule has 0 radical (unpaired) electrons. The maximum Gasteiger partial charge on any atom is 0.220 e. The van der Waals surface area contributed by atoms with E-state index in [1.54, 1.807) is 0 Å². The molecule has 4 aliphatic rings. The van der Waals surface area contributed by atoms with Crippen LogP contribution in [0.2, 0.25) is 0 Å². The number of rotatable bonds is 4. The highest BCUT2D eigenvalue weighted by atomic mass is 16.3. The van der Waals surface area contributed by atoms with Crippen molar-refractivity contribution in [3.05, 3.63) is 0 Å². The van der Waals surface area contributed by atoms with Crippen molar-refractivity contribution in [1.29, 1.82) is 0 Å². The molecule has 0 aromatic carbocycles. The lowest BCUT2D eigenvalue weighted by atomic mass is 9.43. The van der Waals surface area contributed by atoms with Crippen molar-refractivity contribution >= 4 is 5.91 Å². The van der Waals surface area contributed by atoms with E-state index in [9.17, 15) is 15.0 Å². The number of aliphatic hydroxyl groups excluding tert-OH is 2. The molecule has 166 valence electrons. The molecule has 4 rings (SSSR count). The molecule has 1 amide bonds. The molecule has 4 heteroatoms. The molecule has 0 saturated heterocycles. The third-order valence-corrected chi connectivity index (χ3v) is 10.6. The average Bonchev–Trinajstić information content (AvgIpc) is 3.00. The van der Waals surface area contributed by atoms with Crippen molar-refractivity contribution in [3.63, 3.8) is 0 Å². The SMILES string of the molecule is CC(C[C@@H](C)C(N)=O)[C@H]1CC[C@H]2[C@@H]3[C@@H](O)C[C@@H]4C[C@H](O)CC[C@]4(C)[C@H]3CC[C@]12C. The zero-order valence-electron chi connectivity index (χ0n) is 18.9. The summed E-state index contributed by atoms with van der Waals surface area (Å²) in [5.74, 6) is 2.96. The van der Waals surface area contributed by atoms with Crippen molar-refractivity contribution in [2.24, 2.45) is 58.0 Å². The summed E-state index contributed by atoms with van der Waals surface area (Å²) in [6.07, 6.45) is 9.20. The lowest BCUT2D eigenvalue weighted by molar-refractivity contribution is -0.174. The van der Waals surface area contributed by atoms with Gasteiger partial charge in [-0.25, -0.2) is 0 Å². The normalized spacial score (nSPS) is 51.4. The first-order chi connectivity index (χ1) is 13.6. The lowest BCUT2D eigenvalue weighted by Gasteiger charge is -2.62. The summed E-state index contributed by atoms with van der Waals surface area (Å²) in [5.41, 5.74) is 6.11. The zero-order valence-corrected chi connectivity index (χ0v) is 18.9. The largest absolute Gasteiger partial charge is 0.393 e. The summed E-state index contributed by atoms with van der Waals surface area (Å²) in [7, 11) is 0. The second-order valence-corrected chi connectivity index (χ2v) is 12.0. The molecular weight excluding hydrogens is 362 g/mol. The van der Waals surface area contributed by atoms with E-state index in [2.05, 4.69) is 20.8 Å². The smallest absolute Gasteiger partial charge is 0.220 e. The maximum absolute atomic E-state index is 11.6. The fraction of sp³-hybridized carbons (Fsp3) is 0.960. The molecule has 0 aliphatic heterocycles. The van der Waals surface area contributed by atoms with Crippen LogP contribution in [0.3, 0.4) is 0 Å². The first-order valence-corrected chi connectivity index (χ1v) is 12.2. The van der Waals surface area contributed by atoms with Gasteiger partial charge in [-0.15, -0.1) is 0 Å². The minimum Gasteiger partial charge on any atom is -0.393 e. The van der Waals surface area contributed by atoms with Gasteiger partial charge in [-0.05, 0) is 104 Å². The molecule has 0 aromatic heterocycles. The van der Waals surface area contributed by atoms with Gasteiger partial charge in [0.25, 0.3) is 0 Å². The summed E-state index contributed by atoms with van der Waals surface area (Å²) in [6, 6.07) is 0. The third-order valence-electron chi connectivity index (χ3n) is 10.6. The van der Waals surface area contributed by atoms with E-state index in [0.29, 0.717) is 35.5 Å². The summed E-state index contributed by atoms with van der Waals surface area (Å²) in [5, 5.41) is 21.5. The molecular formula is C25H43NO3. The van der Waals surface area contributed by atoms with Crippen molar-refractivity contribution in [2.45, 2.75) is 97.7 Å². The van der Waals surface area contributed by atoms with E-state index in [1.165, 1.54) is 25.7 Å². The molecule has 29 heavy (non-hydrogen) atoms. The Morgan fingerprint density at radius 2 is 1.66 bits per heavy atom. The number of nitrogens with two attached hydrogens (primary N) is 1. The number of carbonyl (C=O) groups excluding carboxylic acids is 1. The van der Waals surface area contributed by atoms with Gasteiger partial charge in [-0.2, -0.15) is 0 Å². The van der Waals surface area contributed by atoms with Gasteiger partial charge in [-0.3, -0.25) is 4.79 Å². The number of amides is 1. The first kappa shape index (κ1) is 21.6. The Kier molecular flexibility index (Phi) is 5.60. The topological polar surface area (TPSA) is 83.6 Å². The highest BCUT2D eigenvalue weighted by molar-refractivity contribution is 5.76. The second kappa shape index (κ2) is 7.51. The van der Waals surface area contributed by atoms with Crippen LogP contribution in [0.1, 0.15) is 85.5 Å². The Hall–Kier alpha value is -0.610. The van der Waals surface area contributed by atoms with Gasteiger partial charge in [0.15, 0.2) is 0 Å². The number of primary amides is 1. The van der Waals surface area contributed by atoms with Crippen LogP contribution in [0.4, 0.5) is 0 Å². The van der Waals surface area contributed by atoms with E-state index in [4.69, 9.17) is 5.73 Å². The predicted octanol–water partition coefficient (Wildman–Crippen LogP) is 4.12. The molecule has 0 heterocycles. The van der Waals surface area contributed by atoms with Crippen LogP contribution in [0, 0.1) is 52.3 Å². The molecule has 4 saturated carbocycles. The molecule has 0 spiro atoms. The Labute approximate surface area is 177 Å². The predicted molar refractivity (Wildman–Crippen MR) is 115 cm³/mol. The second-order valence-electron chi connectivity index (χ2n) is 12.0. The van der Waals surface area contributed by atoms with E-state index in [0.717, 1.165) is 32.1 Å². The van der Waals surface area contributed by atoms with Gasteiger partial charge in [0.2, 0.25) is 5.91 Å². The molecule has 4 aliphatic carbocycles. The third kappa shape index (κ3) is 3.37. The van der Waals surface area contributed by atoms with Gasteiger partial charge < -0.3 is 15.9 Å². The van der Waals surface area contributed by atoms with Gasteiger partial charge in [-0.1, -0.05) is 27.7 Å². The fourth-order valence-electron chi connectivity index (χ4n) is 9.01. The summed E-state index contributed by atoms with van der Waals surface area (Å²) in [6.45, 7) is 9.25. The highest BCUT2D eigenvalue weighted by Crippen LogP contribution is 2.68. The monoisotopic (exact) mass is 405 g/mol. The van der Waals surface area contributed by atoms with Crippen molar-refractivity contribution in [1.82, 2.24) is 0 Å². The molecule has 1 unspecified atom stereocenters. The Morgan fingerprint density at radius 1 is 1.00 bits per heavy atom. The molecule has 0 aromatic rings. The summed E-state index contributed by atoms with van der Waals surface area (Å²) < 4.78 is 0. The van der Waals surface area contributed by atoms with Gasteiger partial charge in [0.05, 0.1) is 12.2 Å². The average molecular weight is 406 g/mol. The van der Waals surface area contributed by atoms with Crippen LogP contribution in [0.25, 0.3) is 0 Å². The maximum atomic E-state index is 11.6. The van der Waals surface area contributed by atoms with E-state index in [-0.39, 0.29) is 34.9 Å². The van der Waals surface area contributed by atoms with Gasteiger partial charge in [0.1, 0.15) is 0 Å². The van der Waals surface area contributed by atoms with Gasteiger partial charge in [0, 0.05) is 5.92 Å². The minimum atomic E-state index is -0.216. The van der Waals surface area contributed by atoms with Crippen LogP contribution in [-0.4, -0.2) is 28.3 Å². The Bertz CT molecular complexity index is 638. The molecule has 0 bridgehead atoms. The number of aliphatic hydroxyl groups is 2. The number of hydrogen-bond acceptors (Lipinski definition) is 3. The van der Waals surface area contributed by atoms with Crippen LogP contribution in [0.5, 0.6) is 0 Å². The van der Waals surface area contributed by atoms with Crippen LogP contribution in [-0.2, 0) is 4.79 Å². The van der Waals surface area contributed by atoms with Crippen molar-refractivity contribution < 1.29 is 15.0 Å². The Balaban J connectivity index is 1.56. The minimum absolute atomic E-state index is 0.0578. The standard InChI is InChI=1S/C25H43NO3/c1-14(11-15(2)23(26)29)18-5-6-19-22-20(8-10-25(18,19)4)24(3)9-7-17(27)12-16(24)13-21(22)28/h14-22,27-28H,5-13H2,1-4H3,(H2,26,29)/t14?,15-,16+,17-,18-,19+,20+,21+,22+,24+,25-/m1/s1. The van der Waals surface area contributed by atoms with E-state index >= 15 is 0 Å². The molecule has 4 N–H and O–H groups in total. The summed E-state index contributed by atoms with van der Waals surface area (Å²) in [4.78, 5) is 11.6. The molecule has 4 fully saturated rings. The molecule has 11 atom stereocenters. The zero-order chi connectivity index (χ0) is 21.1. The van der Waals surface area contributed by atoms with E-state index in [1.807, 2.05) is 6.92 Å². The van der Waals surface area contributed by atoms with E-state index < -0.39 is 0 Å². The fourth-order valence-corrected chi connectivity index (χ4v) is 9.01. The number of fused-ring (bicyclic) bond motifs is 5. The lowest BCUT2D eigenvalue weighted by Crippen LogP contribution is -2.58. The van der Waals surface area contributed by atoms with Crippen molar-refractivity contribution in [2.75, 3.05) is 0 Å². The van der Waals surface area contributed by atoms with Crippen molar-refractivity contribution in [3.8, 4) is 0 Å². The summed E-state index contributed by atoms with van der Waals surface area (Å²) >= 11 is 0. The van der Waals surface area contributed by atoms with Crippen LogP contribution < -0.4 is 5.73 Å².